The molecule has 168 valence electrons. The van der Waals surface area contributed by atoms with Gasteiger partial charge >= 0.3 is 0 Å². The zero-order chi connectivity index (χ0) is 22.9. The smallest absolute Gasteiger partial charge is 0.254 e. The summed E-state index contributed by atoms with van der Waals surface area (Å²) in [6.45, 7) is 4.60. The van der Waals surface area contributed by atoms with Crippen LogP contribution in [-0.2, 0) is 19.7 Å². The van der Waals surface area contributed by atoms with Crippen LogP contribution in [0.2, 0.25) is 0 Å². The molecule has 1 heterocycles. The number of aromatic nitrogens is 2. The fourth-order valence-electron chi connectivity index (χ4n) is 3.65. The molecule has 0 aliphatic carbocycles. The largest absolute Gasteiger partial charge is 0.489 e. The van der Waals surface area contributed by atoms with Gasteiger partial charge in [0.15, 0.2) is 0 Å². The third-order valence-electron chi connectivity index (χ3n) is 5.53. The van der Waals surface area contributed by atoms with Gasteiger partial charge in [-0.3, -0.25) is 4.79 Å². The molecule has 0 saturated carbocycles. The Balaban J connectivity index is 1.40. The molecule has 33 heavy (non-hydrogen) atoms. The Morgan fingerprint density at radius 3 is 2.39 bits per heavy atom. The van der Waals surface area contributed by atoms with Gasteiger partial charge in [0.25, 0.3) is 5.91 Å². The van der Waals surface area contributed by atoms with Crippen LogP contribution in [0.25, 0.3) is 0 Å². The van der Waals surface area contributed by atoms with E-state index in [4.69, 9.17) is 4.74 Å². The number of aryl methyl sites for hydroxylation is 2. The Labute approximate surface area is 195 Å². The van der Waals surface area contributed by atoms with E-state index in [2.05, 4.69) is 4.98 Å². The topological polar surface area (TPSA) is 47.4 Å². The van der Waals surface area contributed by atoms with Gasteiger partial charge in [-0.05, 0) is 48.7 Å². The van der Waals surface area contributed by atoms with E-state index >= 15 is 0 Å². The maximum atomic E-state index is 13.3. The minimum atomic E-state index is 0.0463. The number of imidazole rings is 1. The standard InChI is InChI=1S/C28H29N3O2/c1-23-8-12-26(13-9-23)28(32)31(18-5-17-30-19-16-29-22-30)20-24-10-14-27(15-11-24)33-21-25-6-3-2-4-7-25/h2-4,6-16,19,22H,5,17-18,20-21H2,1H3. The molecule has 0 saturated heterocycles. The Bertz CT molecular complexity index is 1120. The van der Waals surface area contributed by atoms with Crippen LogP contribution in [0.4, 0.5) is 0 Å². The number of carbonyl (C=O) groups is 1. The van der Waals surface area contributed by atoms with E-state index in [1.165, 1.54) is 0 Å². The molecule has 0 fully saturated rings. The average Bonchev–Trinajstić information content (AvgIpc) is 3.37. The molecule has 5 nitrogen and oxygen atoms in total. The third kappa shape index (κ3) is 6.56. The van der Waals surface area contributed by atoms with Crippen molar-refractivity contribution in [2.24, 2.45) is 0 Å². The molecule has 3 aromatic carbocycles. The van der Waals surface area contributed by atoms with E-state index in [1.54, 1.807) is 12.5 Å². The number of nitrogens with zero attached hydrogens (tertiary/aromatic N) is 3. The Hall–Kier alpha value is -3.86. The van der Waals surface area contributed by atoms with Crippen molar-refractivity contribution < 1.29 is 9.53 Å². The number of rotatable bonds is 10. The molecule has 1 aromatic heterocycles. The normalized spacial score (nSPS) is 10.7. The van der Waals surface area contributed by atoms with Crippen LogP contribution in [0.3, 0.4) is 0 Å². The number of carbonyl (C=O) groups excluding carboxylic acids is 1. The average molecular weight is 440 g/mol. The summed E-state index contributed by atoms with van der Waals surface area (Å²) in [4.78, 5) is 19.3. The monoisotopic (exact) mass is 439 g/mol. The van der Waals surface area contributed by atoms with Gasteiger partial charge in [-0.1, -0.05) is 60.2 Å². The van der Waals surface area contributed by atoms with Crippen molar-refractivity contribution in [3.05, 3.63) is 120 Å². The van der Waals surface area contributed by atoms with Crippen LogP contribution in [0.1, 0.15) is 33.5 Å². The first-order valence-corrected chi connectivity index (χ1v) is 11.2. The summed E-state index contributed by atoms with van der Waals surface area (Å²) in [6.07, 6.45) is 6.38. The fraction of sp³-hybridized carbons (Fsp3) is 0.214. The highest BCUT2D eigenvalue weighted by Gasteiger charge is 2.16. The van der Waals surface area contributed by atoms with Crippen molar-refractivity contribution in [2.45, 2.75) is 33.0 Å². The second-order valence-corrected chi connectivity index (χ2v) is 8.17. The predicted octanol–water partition coefficient (Wildman–Crippen LogP) is 5.50. The minimum Gasteiger partial charge on any atom is -0.489 e. The molecule has 0 aliphatic rings. The number of hydrogen-bond donors (Lipinski definition) is 0. The molecular formula is C28H29N3O2. The lowest BCUT2D eigenvalue weighted by Crippen LogP contribution is -2.32. The van der Waals surface area contributed by atoms with Crippen LogP contribution >= 0.6 is 0 Å². The fourth-order valence-corrected chi connectivity index (χ4v) is 3.65. The highest BCUT2D eigenvalue weighted by atomic mass is 16.5. The van der Waals surface area contributed by atoms with Gasteiger partial charge in [-0.25, -0.2) is 4.98 Å². The van der Waals surface area contributed by atoms with Crippen molar-refractivity contribution in [3.8, 4) is 5.75 Å². The van der Waals surface area contributed by atoms with Gasteiger partial charge in [-0.2, -0.15) is 0 Å². The summed E-state index contributed by atoms with van der Waals surface area (Å²) in [5.74, 6) is 0.865. The van der Waals surface area contributed by atoms with E-state index in [1.807, 2.05) is 101 Å². The molecule has 4 rings (SSSR count). The minimum absolute atomic E-state index is 0.0463. The van der Waals surface area contributed by atoms with Gasteiger partial charge < -0.3 is 14.2 Å². The summed E-state index contributed by atoms with van der Waals surface area (Å²) in [6, 6.07) is 25.9. The quantitative estimate of drug-likeness (QED) is 0.328. The molecule has 0 atom stereocenters. The first-order chi connectivity index (χ1) is 16.2. The third-order valence-corrected chi connectivity index (χ3v) is 5.53. The molecule has 0 spiro atoms. The van der Waals surface area contributed by atoms with Crippen LogP contribution in [-0.4, -0.2) is 26.9 Å². The van der Waals surface area contributed by atoms with Crippen molar-refractivity contribution in [1.29, 1.82) is 0 Å². The summed E-state index contributed by atoms with van der Waals surface area (Å²) in [7, 11) is 0. The van der Waals surface area contributed by atoms with Crippen molar-refractivity contribution in [3.63, 3.8) is 0 Å². The van der Waals surface area contributed by atoms with Gasteiger partial charge in [0.2, 0.25) is 0 Å². The molecule has 5 heteroatoms. The van der Waals surface area contributed by atoms with Crippen molar-refractivity contribution >= 4 is 5.91 Å². The molecule has 0 aliphatic heterocycles. The summed E-state index contributed by atoms with van der Waals surface area (Å²) in [5, 5.41) is 0. The molecule has 1 amide bonds. The van der Waals surface area contributed by atoms with Crippen LogP contribution in [0.5, 0.6) is 5.75 Å². The lowest BCUT2D eigenvalue weighted by molar-refractivity contribution is 0.0739. The Morgan fingerprint density at radius 2 is 1.70 bits per heavy atom. The van der Waals surface area contributed by atoms with Gasteiger partial charge in [0.05, 0.1) is 6.33 Å². The second kappa shape index (κ2) is 11.1. The second-order valence-electron chi connectivity index (χ2n) is 8.17. The van der Waals surface area contributed by atoms with Crippen LogP contribution in [0.15, 0.2) is 97.6 Å². The first-order valence-electron chi connectivity index (χ1n) is 11.2. The van der Waals surface area contributed by atoms with E-state index in [9.17, 15) is 4.79 Å². The molecule has 0 radical (unpaired) electrons. The molecule has 0 unspecified atom stereocenters. The molecular weight excluding hydrogens is 410 g/mol. The van der Waals surface area contributed by atoms with Crippen LogP contribution in [0, 0.1) is 6.92 Å². The van der Waals surface area contributed by atoms with E-state index in [0.717, 1.165) is 35.4 Å². The maximum Gasteiger partial charge on any atom is 0.254 e. The summed E-state index contributed by atoms with van der Waals surface area (Å²) >= 11 is 0. The first kappa shape index (κ1) is 22.3. The van der Waals surface area contributed by atoms with Crippen LogP contribution < -0.4 is 4.74 Å². The molecule has 0 N–H and O–H groups in total. The Morgan fingerprint density at radius 1 is 0.939 bits per heavy atom. The van der Waals surface area contributed by atoms with E-state index < -0.39 is 0 Å². The van der Waals surface area contributed by atoms with Gasteiger partial charge in [0, 0.05) is 37.6 Å². The maximum absolute atomic E-state index is 13.3. The van der Waals surface area contributed by atoms with E-state index in [0.29, 0.717) is 25.3 Å². The lowest BCUT2D eigenvalue weighted by atomic mass is 10.1. The molecule has 4 aromatic rings. The molecule has 0 bridgehead atoms. The highest BCUT2D eigenvalue weighted by molar-refractivity contribution is 5.94. The van der Waals surface area contributed by atoms with Crippen molar-refractivity contribution in [1.82, 2.24) is 14.5 Å². The summed E-state index contributed by atoms with van der Waals surface area (Å²) < 4.78 is 7.93. The number of ether oxygens (including phenoxy) is 1. The van der Waals surface area contributed by atoms with E-state index in [-0.39, 0.29) is 5.91 Å². The zero-order valence-electron chi connectivity index (χ0n) is 18.9. The number of hydrogen-bond acceptors (Lipinski definition) is 3. The van der Waals surface area contributed by atoms with Crippen molar-refractivity contribution in [2.75, 3.05) is 6.54 Å². The number of amides is 1. The Kier molecular flexibility index (Phi) is 7.54. The summed E-state index contributed by atoms with van der Waals surface area (Å²) in [5.41, 5.74) is 4.06. The van der Waals surface area contributed by atoms with Gasteiger partial charge in [-0.15, -0.1) is 0 Å². The lowest BCUT2D eigenvalue weighted by Gasteiger charge is -2.23. The predicted molar refractivity (Wildman–Crippen MR) is 130 cm³/mol. The van der Waals surface area contributed by atoms with Gasteiger partial charge in [0.1, 0.15) is 12.4 Å². The highest BCUT2D eigenvalue weighted by Crippen LogP contribution is 2.17. The zero-order valence-corrected chi connectivity index (χ0v) is 18.9. The number of benzene rings is 3. The SMILES string of the molecule is Cc1ccc(C(=O)N(CCCn2ccnc2)Cc2ccc(OCc3ccccc3)cc2)cc1.